The summed E-state index contributed by atoms with van der Waals surface area (Å²) in [5, 5.41) is 4.22. The number of nitrogens with two attached hydrogens (primary N) is 1. The Balaban J connectivity index is 2.58. The molecule has 0 amide bonds. The molecule has 0 aliphatic heterocycles. The molecule has 0 radical (unpaired) electrons. The lowest BCUT2D eigenvalue weighted by Crippen LogP contribution is -1.98. The molecule has 1 aromatic heterocycles. The summed E-state index contributed by atoms with van der Waals surface area (Å²) < 4.78 is 3.67. The molecule has 3 nitrogen and oxygen atoms in total. The molecule has 0 fully saturated rings. The molecule has 2 N–H and O–H groups in total. The smallest absolute Gasteiger partial charge is 0.0792 e. The molecule has 0 saturated carbocycles. The molecule has 0 unspecified atom stereocenters. The fourth-order valence-corrected chi connectivity index (χ4v) is 2.12. The second kappa shape index (κ2) is 3.98. The number of nitrogen functional groups attached to an aromatic ring is 1. The summed E-state index contributed by atoms with van der Waals surface area (Å²) in [4.78, 5) is 0. The predicted octanol–water partition coefficient (Wildman–Crippen LogP) is 3.29. The number of nitrogens with zero attached hydrogens (tertiary/aromatic N) is 2. The van der Waals surface area contributed by atoms with Gasteiger partial charge in [0.15, 0.2) is 0 Å². The SMILES string of the molecule is Cc1cc(-n2cc(Br)cn2)c(Br)cc1N. The van der Waals surface area contributed by atoms with Gasteiger partial charge in [0.25, 0.3) is 0 Å². The minimum absolute atomic E-state index is 0.775. The van der Waals surface area contributed by atoms with Crippen LogP contribution in [0.1, 0.15) is 5.56 Å². The quantitative estimate of drug-likeness (QED) is 0.815. The van der Waals surface area contributed by atoms with Crippen molar-refractivity contribution < 1.29 is 0 Å². The first-order valence-corrected chi connectivity index (χ1v) is 5.92. The van der Waals surface area contributed by atoms with Crippen LogP contribution in [0.3, 0.4) is 0 Å². The van der Waals surface area contributed by atoms with Crippen LogP contribution >= 0.6 is 31.9 Å². The maximum absolute atomic E-state index is 5.80. The van der Waals surface area contributed by atoms with Gasteiger partial charge in [0.2, 0.25) is 0 Å². The lowest BCUT2D eigenvalue weighted by molar-refractivity contribution is 0.875. The van der Waals surface area contributed by atoms with E-state index in [9.17, 15) is 0 Å². The van der Waals surface area contributed by atoms with E-state index >= 15 is 0 Å². The Bertz CT molecular complexity index is 505. The van der Waals surface area contributed by atoms with Gasteiger partial charge in [0, 0.05) is 16.4 Å². The van der Waals surface area contributed by atoms with E-state index in [2.05, 4.69) is 37.0 Å². The van der Waals surface area contributed by atoms with Gasteiger partial charge < -0.3 is 5.73 Å². The summed E-state index contributed by atoms with van der Waals surface area (Å²) in [6, 6.07) is 3.89. The van der Waals surface area contributed by atoms with Crippen LogP contribution in [0, 0.1) is 6.92 Å². The first-order chi connectivity index (χ1) is 7.08. The highest BCUT2D eigenvalue weighted by molar-refractivity contribution is 9.10. The molecule has 0 aliphatic carbocycles. The molecular weight excluding hydrogens is 322 g/mol. The van der Waals surface area contributed by atoms with Gasteiger partial charge in [-0.2, -0.15) is 5.10 Å². The first kappa shape index (κ1) is 10.7. The maximum atomic E-state index is 5.80. The van der Waals surface area contributed by atoms with Crippen molar-refractivity contribution in [3.05, 3.63) is 39.0 Å². The van der Waals surface area contributed by atoms with Crippen molar-refractivity contribution in [2.24, 2.45) is 0 Å². The molecule has 5 heteroatoms. The fraction of sp³-hybridized carbons (Fsp3) is 0.100. The van der Waals surface area contributed by atoms with E-state index in [1.54, 1.807) is 10.9 Å². The Labute approximate surface area is 105 Å². The van der Waals surface area contributed by atoms with Crippen molar-refractivity contribution in [3.8, 4) is 5.69 Å². The molecule has 2 rings (SSSR count). The Morgan fingerprint density at radius 2 is 2.07 bits per heavy atom. The standard InChI is InChI=1S/C10H9Br2N3/c1-6-2-10(8(12)3-9(6)13)15-5-7(11)4-14-15/h2-5H,13H2,1H3. The summed E-state index contributed by atoms with van der Waals surface area (Å²) in [5.41, 5.74) is 8.60. The van der Waals surface area contributed by atoms with Crippen molar-refractivity contribution in [1.82, 2.24) is 9.78 Å². The summed E-state index contributed by atoms with van der Waals surface area (Å²) in [6.07, 6.45) is 3.65. The Hall–Kier alpha value is -0.810. The fourth-order valence-electron chi connectivity index (χ4n) is 1.29. The van der Waals surface area contributed by atoms with Crippen LogP contribution in [-0.4, -0.2) is 9.78 Å². The van der Waals surface area contributed by atoms with E-state index in [4.69, 9.17) is 5.73 Å². The second-order valence-corrected chi connectivity index (χ2v) is 5.03. The molecule has 0 saturated heterocycles. The number of halogens is 2. The molecule has 1 aromatic carbocycles. The van der Waals surface area contributed by atoms with E-state index in [0.29, 0.717) is 0 Å². The normalized spacial score (nSPS) is 10.6. The topological polar surface area (TPSA) is 43.8 Å². The lowest BCUT2D eigenvalue weighted by atomic mass is 10.2. The number of anilines is 1. The van der Waals surface area contributed by atoms with Crippen molar-refractivity contribution in [2.45, 2.75) is 6.92 Å². The second-order valence-electron chi connectivity index (χ2n) is 3.26. The summed E-state index contributed by atoms with van der Waals surface area (Å²) in [5.74, 6) is 0. The highest BCUT2D eigenvalue weighted by Crippen LogP contribution is 2.26. The van der Waals surface area contributed by atoms with Gasteiger partial charge >= 0.3 is 0 Å². The largest absolute Gasteiger partial charge is 0.398 e. The average Bonchev–Trinajstić information content (AvgIpc) is 2.58. The molecule has 0 bridgehead atoms. The molecule has 0 atom stereocenters. The van der Waals surface area contributed by atoms with Gasteiger partial charge in [0.05, 0.1) is 16.4 Å². The molecular formula is C10H9Br2N3. The van der Waals surface area contributed by atoms with Crippen LogP contribution in [-0.2, 0) is 0 Å². The summed E-state index contributed by atoms with van der Waals surface area (Å²) in [7, 11) is 0. The number of rotatable bonds is 1. The molecule has 78 valence electrons. The van der Waals surface area contributed by atoms with E-state index in [-0.39, 0.29) is 0 Å². The van der Waals surface area contributed by atoms with Crippen molar-refractivity contribution in [1.29, 1.82) is 0 Å². The highest BCUT2D eigenvalue weighted by atomic mass is 79.9. The first-order valence-electron chi connectivity index (χ1n) is 4.34. The lowest BCUT2D eigenvalue weighted by Gasteiger charge is -2.08. The van der Waals surface area contributed by atoms with E-state index in [1.807, 2.05) is 25.3 Å². The van der Waals surface area contributed by atoms with Gasteiger partial charge in [-0.05, 0) is 56.5 Å². The molecule has 1 heterocycles. The average molecular weight is 331 g/mol. The Morgan fingerprint density at radius 3 is 2.67 bits per heavy atom. The predicted molar refractivity (Wildman–Crippen MR) is 68.1 cm³/mol. The number of aryl methyl sites for hydroxylation is 1. The van der Waals surface area contributed by atoms with Crippen molar-refractivity contribution in [2.75, 3.05) is 5.73 Å². The number of benzene rings is 1. The van der Waals surface area contributed by atoms with Gasteiger partial charge in [-0.15, -0.1) is 0 Å². The van der Waals surface area contributed by atoms with Crippen LogP contribution in [0.5, 0.6) is 0 Å². The van der Waals surface area contributed by atoms with Crippen molar-refractivity contribution in [3.63, 3.8) is 0 Å². The van der Waals surface area contributed by atoms with E-state index < -0.39 is 0 Å². The molecule has 15 heavy (non-hydrogen) atoms. The van der Waals surface area contributed by atoms with Gasteiger partial charge in [-0.1, -0.05) is 0 Å². The minimum Gasteiger partial charge on any atom is -0.398 e. The third-order valence-electron chi connectivity index (χ3n) is 2.13. The zero-order valence-electron chi connectivity index (χ0n) is 8.04. The molecule has 0 aliphatic rings. The van der Waals surface area contributed by atoms with Gasteiger partial charge in [0.1, 0.15) is 0 Å². The monoisotopic (exact) mass is 329 g/mol. The summed E-state index contributed by atoms with van der Waals surface area (Å²) in [6.45, 7) is 1.98. The minimum atomic E-state index is 0.775. The number of aromatic nitrogens is 2. The summed E-state index contributed by atoms with van der Waals surface area (Å²) >= 11 is 6.83. The van der Waals surface area contributed by atoms with Gasteiger partial charge in [-0.3, -0.25) is 0 Å². The van der Waals surface area contributed by atoms with Crippen LogP contribution in [0.15, 0.2) is 33.5 Å². The van der Waals surface area contributed by atoms with Crippen LogP contribution in [0.25, 0.3) is 5.69 Å². The van der Waals surface area contributed by atoms with Crippen molar-refractivity contribution >= 4 is 37.5 Å². The zero-order valence-corrected chi connectivity index (χ0v) is 11.2. The zero-order chi connectivity index (χ0) is 11.0. The third kappa shape index (κ3) is 2.08. The molecule has 2 aromatic rings. The number of hydrogen-bond acceptors (Lipinski definition) is 2. The third-order valence-corrected chi connectivity index (χ3v) is 3.18. The maximum Gasteiger partial charge on any atom is 0.0792 e. The van der Waals surface area contributed by atoms with Gasteiger partial charge in [-0.25, -0.2) is 4.68 Å². The van der Waals surface area contributed by atoms with E-state index in [0.717, 1.165) is 25.9 Å². The van der Waals surface area contributed by atoms with E-state index in [1.165, 1.54) is 0 Å². The number of hydrogen-bond donors (Lipinski definition) is 1. The Kier molecular flexibility index (Phi) is 2.84. The van der Waals surface area contributed by atoms with Crippen LogP contribution < -0.4 is 5.73 Å². The Morgan fingerprint density at radius 1 is 1.33 bits per heavy atom. The molecule has 0 spiro atoms. The highest BCUT2D eigenvalue weighted by Gasteiger charge is 2.06. The van der Waals surface area contributed by atoms with Crippen LogP contribution in [0.2, 0.25) is 0 Å². The van der Waals surface area contributed by atoms with Crippen LogP contribution in [0.4, 0.5) is 5.69 Å².